The summed E-state index contributed by atoms with van der Waals surface area (Å²) >= 11 is 7.38. The monoisotopic (exact) mass is 397 g/mol. The van der Waals surface area contributed by atoms with Crippen LogP contribution in [0.25, 0.3) is 0 Å². The Kier molecular flexibility index (Phi) is 7.25. The van der Waals surface area contributed by atoms with Gasteiger partial charge >= 0.3 is 11.9 Å². The Morgan fingerprint density at radius 1 is 1.38 bits per heavy atom. The number of piperidine rings is 1. The Balaban J connectivity index is 2.35. The van der Waals surface area contributed by atoms with E-state index in [1.807, 2.05) is 4.90 Å². The van der Waals surface area contributed by atoms with Gasteiger partial charge in [-0.3, -0.25) is 9.69 Å². The van der Waals surface area contributed by atoms with Gasteiger partial charge in [0.15, 0.2) is 5.12 Å². The van der Waals surface area contributed by atoms with Crippen molar-refractivity contribution in [2.24, 2.45) is 0 Å². The van der Waals surface area contributed by atoms with Crippen molar-refractivity contribution in [2.75, 3.05) is 20.2 Å². The van der Waals surface area contributed by atoms with Crippen molar-refractivity contribution in [3.8, 4) is 0 Å². The fourth-order valence-corrected chi connectivity index (χ4v) is 4.17. The van der Waals surface area contributed by atoms with Crippen LogP contribution in [-0.2, 0) is 19.1 Å². The summed E-state index contributed by atoms with van der Waals surface area (Å²) in [6, 6.07) is 6.25. The number of ether oxygens (including phenoxy) is 1. The molecule has 0 aliphatic carbocycles. The van der Waals surface area contributed by atoms with E-state index < -0.39 is 18.0 Å². The first-order valence-electron chi connectivity index (χ1n) is 8.00. The summed E-state index contributed by atoms with van der Waals surface area (Å²) in [4.78, 5) is 36.9. The highest BCUT2D eigenvalue weighted by Crippen LogP contribution is 2.35. The van der Waals surface area contributed by atoms with Crippen LogP contribution in [0.5, 0.6) is 0 Å². The second kappa shape index (κ2) is 9.21. The maximum absolute atomic E-state index is 12.4. The maximum atomic E-state index is 12.4. The van der Waals surface area contributed by atoms with E-state index in [4.69, 9.17) is 21.4 Å². The SMILES string of the molecule is COC(=O)[C@H](c1ccccc1Cl)N1CC[C@H](SC(C)=O)/C(=C/C(=O)O)C1. The molecule has 0 radical (unpaired) electrons. The molecule has 1 saturated heterocycles. The highest BCUT2D eigenvalue weighted by Gasteiger charge is 2.35. The number of halogens is 1. The maximum Gasteiger partial charge on any atom is 0.328 e. The summed E-state index contributed by atoms with van der Waals surface area (Å²) in [5, 5.41) is 9.30. The number of likely N-dealkylation sites (tertiary alicyclic amines) is 1. The first kappa shape index (κ1) is 20.5. The van der Waals surface area contributed by atoms with Crippen LogP contribution in [0.15, 0.2) is 35.9 Å². The van der Waals surface area contributed by atoms with E-state index >= 15 is 0 Å². The minimum Gasteiger partial charge on any atom is -0.478 e. The average molecular weight is 398 g/mol. The molecule has 0 aromatic heterocycles. The molecule has 2 rings (SSSR count). The smallest absolute Gasteiger partial charge is 0.328 e. The molecular formula is C18H20ClNO5S. The van der Waals surface area contributed by atoms with Gasteiger partial charge in [-0.1, -0.05) is 41.6 Å². The number of aliphatic carboxylic acids is 1. The molecule has 26 heavy (non-hydrogen) atoms. The predicted molar refractivity (Wildman–Crippen MR) is 100 cm³/mol. The van der Waals surface area contributed by atoms with Crippen LogP contribution < -0.4 is 0 Å². The Morgan fingerprint density at radius 2 is 2.08 bits per heavy atom. The van der Waals surface area contributed by atoms with E-state index in [0.717, 1.165) is 17.8 Å². The quantitative estimate of drug-likeness (QED) is 0.604. The number of carboxylic acid groups (broad SMARTS) is 1. The van der Waals surface area contributed by atoms with Crippen LogP contribution in [0.3, 0.4) is 0 Å². The molecular weight excluding hydrogens is 378 g/mol. The molecule has 1 aliphatic heterocycles. The van der Waals surface area contributed by atoms with Gasteiger partial charge in [0.05, 0.1) is 7.11 Å². The van der Waals surface area contributed by atoms with Gasteiger partial charge in [0, 0.05) is 36.4 Å². The lowest BCUT2D eigenvalue weighted by molar-refractivity contribution is -0.147. The summed E-state index contributed by atoms with van der Waals surface area (Å²) in [7, 11) is 1.30. The van der Waals surface area contributed by atoms with Gasteiger partial charge < -0.3 is 9.84 Å². The number of carbonyl (C=O) groups excluding carboxylic acids is 2. The van der Waals surface area contributed by atoms with E-state index in [1.54, 1.807) is 24.3 Å². The lowest BCUT2D eigenvalue weighted by Gasteiger charge is -2.37. The first-order chi connectivity index (χ1) is 12.3. The summed E-state index contributed by atoms with van der Waals surface area (Å²) in [6.45, 7) is 2.20. The van der Waals surface area contributed by atoms with E-state index in [9.17, 15) is 14.4 Å². The molecule has 8 heteroatoms. The van der Waals surface area contributed by atoms with Crippen molar-refractivity contribution in [3.05, 3.63) is 46.5 Å². The molecule has 6 nitrogen and oxygen atoms in total. The topological polar surface area (TPSA) is 83.9 Å². The number of rotatable bonds is 5. The third-order valence-electron chi connectivity index (χ3n) is 4.08. The largest absolute Gasteiger partial charge is 0.478 e. The number of carboxylic acids is 1. The number of nitrogens with zero attached hydrogens (tertiary/aromatic N) is 1. The Bertz CT molecular complexity index is 736. The lowest BCUT2D eigenvalue weighted by Crippen LogP contribution is -2.43. The summed E-state index contributed by atoms with van der Waals surface area (Å²) in [6.07, 6.45) is 1.66. The molecule has 140 valence electrons. The summed E-state index contributed by atoms with van der Waals surface area (Å²) < 4.78 is 4.95. The Morgan fingerprint density at radius 3 is 2.65 bits per heavy atom. The zero-order valence-corrected chi connectivity index (χ0v) is 16.0. The van der Waals surface area contributed by atoms with E-state index in [-0.39, 0.29) is 16.9 Å². The number of esters is 1. The van der Waals surface area contributed by atoms with Gasteiger partial charge in [-0.25, -0.2) is 9.59 Å². The van der Waals surface area contributed by atoms with Crippen molar-refractivity contribution >= 4 is 40.4 Å². The molecule has 1 aliphatic rings. The molecule has 1 aromatic carbocycles. The minimum absolute atomic E-state index is 0.0737. The lowest BCUT2D eigenvalue weighted by atomic mass is 9.98. The van der Waals surface area contributed by atoms with Crippen molar-refractivity contribution in [1.29, 1.82) is 0 Å². The molecule has 0 amide bonds. The standard InChI is InChI=1S/C18H20ClNO5S/c1-11(21)26-15-7-8-20(10-12(15)9-16(22)23)17(18(24)25-2)13-5-3-4-6-14(13)19/h3-6,9,15,17H,7-8,10H2,1-2H3,(H,22,23)/b12-9+/t15-,17-/m0/s1. The molecule has 1 fully saturated rings. The second-order valence-corrected chi connectivity index (χ2v) is 7.65. The molecule has 1 aromatic rings. The van der Waals surface area contributed by atoms with Crippen LogP contribution in [-0.4, -0.2) is 52.5 Å². The predicted octanol–water partition coefficient (Wildman–Crippen LogP) is 2.92. The summed E-state index contributed by atoms with van der Waals surface area (Å²) in [5.41, 5.74) is 1.19. The van der Waals surface area contributed by atoms with Crippen LogP contribution in [0.2, 0.25) is 5.02 Å². The van der Waals surface area contributed by atoms with Crippen molar-refractivity contribution < 1.29 is 24.2 Å². The Labute approximate surface area is 161 Å². The molecule has 0 unspecified atom stereocenters. The van der Waals surface area contributed by atoms with Crippen LogP contribution >= 0.6 is 23.4 Å². The highest BCUT2D eigenvalue weighted by molar-refractivity contribution is 8.14. The van der Waals surface area contributed by atoms with E-state index in [1.165, 1.54) is 14.0 Å². The summed E-state index contributed by atoms with van der Waals surface area (Å²) in [5.74, 6) is -1.55. The molecule has 0 spiro atoms. The number of thioether (sulfide) groups is 1. The molecule has 0 saturated carbocycles. The second-order valence-electron chi connectivity index (χ2n) is 5.86. The van der Waals surface area contributed by atoms with Gasteiger partial charge in [-0.15, -0.1) is 0 Å². The number of methoxy groups -OCH3 is 1. The van der Waals surface area contributed by atoms with E-state index in [2.05, 4.69) is 0 Å². The number of carbonyl (C=O) groups is 3. The van der Waals surface area contributed by atoms with Crippen molar-refractivity contribution in [3.63, 3.8) is 0 Å². The van der Waals surface area contributed by atoms with Gasteiger partial charge in [0.25, 0.3) is 0 Å². The zero-order valence-electron chi connectivity index (χ0n) is 14.5. The average Bonchev–Trinajstić information content (AvgIpc) is 2.58. The van der Waals surface area contributed by atoms with Gasteiger partial charge in [0.1, 0.15) is 6.04 Å². The van der Waals surface area contributed by atoms with Gasteiger partial charge in [0.2, 0.25) is 0 Å². The fraction of sp³-hybridized carbons (Fsp3) is 0.389. The third kappa shape index (κ3) is 5.09. The zero-order chi connectivity index (χ0) is 19.3. The number of hydrogen-bond donors (Lipinski definition) is 1. The van der Waals surface area contributed by atoms with Crippen LogP contribution in [0.1, 0.15) is 24.9 Å². The number of benzene rings is 1. The molecule has 2 atom stereocenters. The van der Waals surface area contributed by atoms with Gasteiger partial charge in [-0.05, 0) is 23.6 Å². The van der Waals surface area contributed by atoms with Gasteiger partial charge in [-0.2, -0.15) is 0 Å². The Hall–Kier alpha value is -1.83. The van der Waals surface area contributed by atoms with Crippen molar-refractivity contribution in [2.45, 2.75) is 24.6 Å². The molecule has 1 heterocycles. The first-order valence-corrected chi connectivity index (χ1v) is 9.26. The van der Waals surface area contributed by atoms with E-state index in [0.29, 0.717) is 29.1 Å². The van der Waals surface area contributed by atoms with Crippen LogP contribution in [0, 0.1) is 0 Å². The van der Waals surface area contributed by atoms with Crippen molar-refractivity contribution in [1.82, 2.24) is 4.90 Å². The molecule has 0 bridgehead atoms. The normalized spacial score (nSPS) is 20.6. The highest BCUT2D eigenvalue weighted by atomic mass is 35.5. The third-order valence-corrected chi connectivity index (χ3v) is 5.58. The minimum atomic E-state index is -1.08. The number of hydrogen-bond acceptors (Lipinski definition) is 6. The van der Waals surface area contributed by atoms with Crippen LogP contribution in [0.4, 0.5) is 0 Å². The molecule has 1 N–H and O–H groups in total. The fourth-order valence-electron chi connectivity index (χ4n) is 3.02.